The summed E-state index contributed by atoms with van der Waals surface area (Å²) < 4.78 is 20.7. The summed E-state index contributed by atoms with van der Waals surface area (Å²) in [4.78, 5) is 24.4. The predicted molar refractivity (Wildman–Crippen MR) is 132 cm³/mol. The van der Waals surface area contributed by atoms with Crippen molar-refractivity contribution in [1.29, 1.82) is 0 Å². The maximum absolute atomic E-state index is 14.0. The Kier molecular flexibility index (Phi) is 7.67. The van der Waals surface area contributed by atoms with Crippen molar-refractivity contribution in [2.75, 3.05) is 6.61 Å². The first-order chi connectivity index (χ1) is 17.0. The zero-order valence-corrected chi connectivity index (χ0v) is 19.4. The number of aryl methyl sites for hydroxylation is 1. The first-order valence-electron chi connectivity index (χ1n) is 11.5. The number of carbonyl (C=O) groups excluding carboxylic acids is 2. The highest BCUT2D eigenvalue weighted by Gasteiger charge is 2.15. The second-order valence-electron chi connectivity index (χ2n) is 7.97. The fourth-order valence-electron chi connectivity index (χ4n) is 3.68. The Hall–Kier alpha value is -4.26. The number of ether oxygens (including phenoxy) is 1. The average Bonchev–Trinajstić information content (AvgIpc) is 3.31. The number of hydrogen-bond donors (Lipinski definition) is 1. The van der Waals surface area contributed by atoms with Gasteiger partial charge in [-0.25, -0.2) is 13.9 Å². The van der Waals surface area contributed by atoms with Crippen LogP contribution < -0.4 is 5.32 Å². The molecule has 178 valence electrons. The van der Waals surface area contributed by atoms with E-state index >= 15 is 0 Å². The number of esters is 1. The van der Waals surface area contributed by atoms with Gasteiger partial charge in [-0.2, -0.15) is 5.10 Å². The Morgan fingerprint density at radius 2 is 1.74 bits per heavy atom. The maximum Gasteiger partial charge on any atom is 0.338 e. The normalized spacial score (nSPS) is 10.7. The number of nitrogens with zero attached hydrogens (tertiary/aromatic N) is 2. The van der Waals surface area contributed by atoms with Crippen LogP contribution >= 0.6 is 0 Å². The second kappa shape index (κ2) is 11.2. The Morgan fingerprint density at radius 3 is 2.46 bits per heavy atom. The molecule has 0 saturated heterocycles. The third-order valence-corrected chi connectivity index (χ3v) is 5.44. The second-order valence-corrected chi connectivity index (χ2v) is 7.97. The molecule has 0 fully saturated rings. The molecular formula is C28H26FN3O3. The van der Waals surface area contributed by atoms with Crippen LogP contribution in [0.2, 0.25) is 0 Å². The number of nitrogens with one attached hydrogen (secondary N) is 1. The topological polar surface area (TPSA) is 73.2 Å². The summed E-state index contributed by atoms with van der Waals surface area (Å²) in [6.07, 6.45) is 0.699. The van der Waals surface area contributed by atoms with Crippen LogP contribution in [0.3, 0.4) is 0 Å². The molecule has 7 heteroatoms. The van der Waals surface area contributed by atoms with Gasteiger partial charge in [0.15, 0.2) is 0 Å². The largest absolute Gasteiger partial charge is 0.462 e. The molecule has 0 unspecified atom stereocenters. The number of carbonyl (C=O) groups is 2. The van der Waals surface area contributed by atoms with Gasteiger partial charge in [0.25, 0.3) is 0 Å². The fraction of sp³-hybridized carbons (Fsp3) is 0.179. The Labute approximate surface area is 203 Å². The fourth-order valence-corrected chi connectivity index (χ4v) is 3.68. The van der Waals surface area contributed by atoms with E-state index in [4.69, 9.17) is 4.74 Å². The van der Waals surface area contributed by atoms with Crippen molar-refractivity contribution in [2.24, 2.45) is 0 Å². The van der Waals surface area contributed by atoms with E-state index in [9.17, 15) is 14.0 Å². The molecule has 0 aliphatic heterocycles. The van der Waals surface area contributed by atoms with E-state index in [1.54, 1.807) is 48.0 Å². The highest BCUT2D eigenvalue weighted by Crippen LogP contribution is 2.25. The van der Waals surface area contributed by atoms with Crippen molar-refractivity contribution in [3.05, 3.63) is 108 Å². The molecule has 0 aliphatic rings. The minimum Gasteiger partial charge on any atom is -0.462 e. The van der Waals surface area contributed by atoms with Crippen molar-refractivity contribution >= 4 is 11.9 Å². The van der Waals surface area contributed by atoms with Crippen LogP contribution in [0, 0.1) is 5.82 Å². The van der Waals surface area contributed by atoms with Gasteiger partial charge >= 0.3 is 5.97 Å². The van der Waals surface area contributed by atoms with Crippen LogP contribution in [0.15, 0.2) is 84.9 Å². The molecule has 35 heavy (non-hydrogen) atoms. The summed E-state index contributed by atoms with van der Waals surface area (Å²) in [7, 11) is 0. The van der Waals surface area contributed by atoms with Crippen LogP contribution in [-0.4, -0.2) is 28.3 Å². The highest BCUT2D eigenvalue weighted by atomic mass is 19.1. The first kappa shape index (κ1) is 23.9. The molecule has 1 N–H and O–H groups in total. The van der Waals surface area contributed by atoms with Crippen molar-refractivity contribution in [3.8, 4) is 16.9 Å². The van der Waals surface area contributed by atoms with E-state index in [2.05, 4.69) is 10.4 Å². The lowest BCUT2D eigenvalue weighted by molar-refractivity contribution is -0.121. The van der Waals surface area contributed by atoms with Gasteiger partial charge in [-0.05, 0) is 55.0 Å². The summed E-state index contributed by atoms with van der Waals surface area (Å²) in [5.41, 5.74) is 4.22. The van der Waals surface area contributed by atoms with E-state index in [-0.39, 0.29) is 18.1 Å². The molecule has 1 amide bonds. The Balaban J connectivity index is 1.53. The van der Waals surface area contributed by atoms with Crippen molar-refractivity contribution in [1.82, 2.24) is 15.1 Å². The molecule has 0 radical (unpaired) electrons. The van der Waals surface area contributed by atoms with Crippen LogP contribution in [-0.2, 0) is 22.5 Å². The summed E-state index contributed by atoms with van der Waals surface area (Å²) in [6, 6.07) is 24.7. The molecule has 1 heterocycles. The van der Waals surface area contributed by atoms with Gasteiger partial charge in [0.05, 0.1) is 29.2 Å². The summed E-state index contributed by atoms with van der Waals surface area (Å²) in [5, 5.41) is 7.61. The molecule has 6 nitrogen and oxygen atoms in total. The van der Waals surface area contributed by atoms with E-state index in [0.717, 1.165) is 5.56 Å². The van der Waals surface area contributed by atoms with Gasteiger partial charge in [-0.3, -0.25) is 4.79 Å². The minimum atomic E-state index is -0.396. The van der Waals surface area contributed by atoms with E-state index < -0.39 is 5.97 Å². The Morgan fingerprint density at radius 1 is 0.971 bits per heavy atom. The first-order valence-corrected chi connectivity index (χ1v) is 11.5. The number of amides is 1. The lowest BCUT2D eigenvalue weighted by Crippen LogP contribution is -2.23. The maximum atomic E-state index is 14.0. The third kappa shape index (κ3) is 6.20. The molecule has 0 bridgehead atoms. The van der Waals surface area contributed by atoms with Crippen molar-refractivity contribution < 1.29 is 18.7 Å². The van der Waals surface area contributed by atoms with E-state index in [0.29, 0.717) is 47.8 Å². The van der Waals surface area contributed by atoms with Crippen LogP contribution in [0.1, 0.15) is 35.0 Å². The molecule has 4 aromatic rings. The van der Waals surface area contributed by atoms with Crippen LogP contribution in [0.25, 0.3) is 16.9 Å². The van der Waals surface area contributed by atoms with Gasteiger partial charge in [0, 0.05) is 24.9 Å². The number of benzene rings is 3. The summed E-state index contributed by atoms with van der Waals surface area (Å²) >= 11 is 0. The number of hydrogen-bond acceptors (Lipinski definition) is 4. The molecular weight excluding hydrogens is 445 g/mol. The zero-order valence-electron chi connectivity index (χ0n) is 19.4. The molecule has 3 aromatic carbocycles. The van der Waals surface area contributed by atoms with Gasteiger partial charge in [-0.1, -0.05) is 42.5 Å². The average molecular weight is 472 g/mol. The molecule has 4 rings (SSSR count). The van der Waals surface area contributed by atoms with Gasteiger partial charge in [-0.15, -0.1) is 0 Å². The smallest absolute Gasteiger partial charge is 0.338 e. The third-order valence-electron chi connectivity index (χ3n) is 5.44. The van der Waals surface area contributed by atoms with Gasteiger partial charge in [0.2, 0.25) is 5.91 Å². The molecule has 0 aliphatic carbocycles. The van der Waals surface area contributed by atoms with Crippen molar-refractivity contribution in [2.45, 2.75) is 26.3 Å². The van der Waals surface area contributed by atoms with E-state index in [1.807, 2.05) is 36.4 Å². The highest BCUT2D eigenvalue weighted by molar-refractivity contribution is 5.89. The van der Waals surface area contributed by atoms with Crippen LogP contribution in [0.4, 0.5) is 4.39 Å². The SMILES string of the molecule is CCOC(=O)c1ccc(-n2nc(CCC(=O)NCc3ccccc3)cc2-c2cccc(F)c2)cc1. The molecule has 1 aromatic heterocycles. The zero-order chi connectivity index (χ0) is 24.6. The number of rotatable bonds is 9. The predicted octanol–water partition coefficient (Wildman–Crippen LogP) is 5.10. The molecule has 0 atom stereocenters. The van der Waals surface area contributed by atoms with E-state index in [1.165, 1.54) is 12.1 Å². The van der Waals surface area contributed by atoms with Crippen molar-refractivity contribution in [3.63, 3.8) is 0 Å². The number of halogens is 1. The standard InChI is InChI=1S/C28H26FN3O3/c1-2-35-28(34)21-11-14-25(15-12-21)32-26(22-9-6-10-23(29)17-22)18-24(31-32)13-16-27(33)30-19-20-7-4-3-5-8-20/h3-12,14-15,17-18H,2,13,16,19H2,1H3,(H,30,33). The lowest BCUT2D eigenvalue weighted by Gasteiger charge is -2.09. The van der Waals surface area contributed by atoms with Gasteiger partial charge < -0.3 is 10.1 Å². The lowest BCUT2D eigenvalue weighted by atomic mass is 10.1. The quantitative estimate of drug-likeness (QED) is 0.345. The number of aromatic nitrogens is 2. The summed E-state index contributed by atoms with van der Waals surface area (Å²) in [6.45, 7) is 2.52. The molecule has 0 saturated carbocycles. The molecule has 0 spiro atoms. The van der Waals surface area contributed by atoms with Gasteiger partial charge in [0.1, 0.15) is 5.82 Å². The monoisotopic (exact) mass is 471 g/mol. The Bertz CT molecular complexity index is 1300. The summed E-state index contributed by atoms with van der Waals surface area (Å²) in [5.74, 6) is -0.823. The minimum absolute atomic E-state index is 0.0745. The van der Waals surface area contributed by atoms with Crippen LogP contribution in [0.5, 0.6) is 0 Å².